The van der Waals surface area contributed by atoms with Crippen LogP contribution < -0.4 is 5.56 Å². The van der Waals surface area contributed by atoms with Crippen molar-refractivity contribution in [3.8, 4) is 0 Å². The van der Waals surface area contributed by atoms with Gasteiger partial charge in [-0.1, -0.05) is 42.3 Å². The Bertz CT molecular complexity index is 1180. The van der Waals surface area contributed by atoms with Crippen LogP contribution in [0.2, 0.25) is 10.0 Å². The van der Waals surface area contributed by atoms with Crippen molar-refractivity contribution in [3.63, 3.8) is 0 Å². The minimum atomic E-state index is -0.397. The fourth-order valence-corrected chi connectivity index (χ4v) is 4.30. The van der Waals surface area contributed by atoms with Crippen LogP contribution in [0.4, 0.5) is 0 Å². The zero-order valence-electron chi connectivity index (χ0n) is 18.8. The van der Waals surface area contributed by atoms with Crippen molar-refractivity contribution >= 4 is 40.0 Å². The Morgan fingerprint density at radius 3 is 2.44 bits per heavy atom. The molecule has 170 valence electrons. The van der Waals surface area contributed by atoms with Crippen molar-refractivity contribution in [1.82, 2.24) is 19.4 Å². The molecule has 0 fully saturated rings. The summed E-state index contributed by atoms with van der Waals surface area (Å²) in [5.41, 5.74) is 0.899. The summed E-state index contributed by atoms with van der Waals surface area (Å²) in [6.45, 7) is 5.47. The summed E-state index contributed by atoms with van der Waals surface area (Å²) < 4.78 is 1.66. The number of para-hydroxylation sites is 1. The van der Waals surface area contributed by atoms with E-state index in [9.17, 15) is 9.59 Å². The molecule has 8 heteroatoms. The molecule has 6 nitrogen and oxygen atoms in total. The van der Waals surface area contributed by atoms with Gasteiger partial charge in [0.1, 0.15) is 5.82 Å². The Morgan fingerprint density at radius 2 is 1.81 bits per heavy atom. The highest BCUT2D eigenvalue weighted by molar-refractivity contribution is 6.36. The van der Waals surface area contributed by atoms with Crippen LogP contribution in [-0.2, 0) is 6.54 Å². The standard InChI is InChI=1S/C24H28Cl2N4O2/c1-5-21(22-27-20-10-8-7-9-18(20)24(32)29(22)6-2)30(14-13-28(3)4)23(31)17-12-11-16(25)15-19(17)26/h7-12,15,21H,5-6,13-14H2,1-4H3. The number of hydrogen-bond acceptors (Lipinski definition) is 4. The van der Waals surface area contributed by atoms with Gasteiger partial charge in [-0.05, 0) is 57.8 Å². The summed E-state index contributed by atoms with van der Waals surface area (Å²) >= 11 is 12.4. The summed E-state index contributed by atoms with van der Waals surface area (Å²) in [7, 11) is 3.91. The molecule has 1 unspecified atom stereocenters. The van der Waals surface area contributed by atoms with E-state index in [1.807, 2.05) is 51.0 Å². The molecule has 0 aliphatic carbocycles. The number of carbonyl (C=O) groups is 1. The molecule has 2 aromatic carbocycles. The quantitative estimate of drug-likeness (QED) is 0.466. The maximum absolute atomic E-state index is 13.7. The van der Waals surface area contributed by atoms with Gasteiger partial charge in [0.05, 0.1) is 27.5 Å². The second kappa shape index (κ2) is 10.5. The fraction of sp³-hybridized carbons (Fsp3) is 0.375. The van der Waals surface area contributed by atoms with Crippen molar-refractivity contribution in [2.45, 2.75) is 32.9 Å². The summed E-state index contributed by atoms with van der Waals surface area (Å²) in [5, 5.41) is 1.33. The molecule has 1 heterocycles. The molecule has 32 heavy (non-hydrogen) atoms. The second-order valence-corrected chi connectivity index (χ2v) is 8.73. The highest BCUT2D eigenvalue weighted by Gasteiger charge is 2.30. The third-order valence-electron chi connectivity index (χ3n) is 5.48. The molecule has 0 radical (unpaired) electrons. The van der Waals surface area contributed by atoms with Gasteiger partial charge in [0.25, 0.3) is 11.5 Å². The average Bonchev–Trinajstić information content (AvgIpc) is 2.76. The Kier molecular flexibility index (Phi) is 7.93. The topological polar surface area (TPSA) is 58.4 Å². The minimum Gasteiger partial charge on any atom is -0.327 e. The SMILES string of the molecule is CCC(c1nc2ccccc2c(=O)n1CC)N(CCN(C)C)C(=O)c1ccc(Cl)cc1Cl. The van der Waals surface area contributed by atoms with Crippen molar-refractivity contribution in [1.29, 1.82) is 0 Å². The summed E-state index contributed by atoms with van der Waals surface area (Å²) in [5.74, 6) is 0.362. The van der Waals surface area contributed by atoms with Gasteiger partial charge < -0.3 is 9.80 Å². The monoisotopic (exact) mass is 474 g/mol. The zero-order chi connectivity index (χ0) is 23.4. The minimum absolute atomic E-state index is 0.101. The van der Waals surface area contributed by atoms with Crippen LogP contribution >= 0.6 is 23.2 Å². The highest BCUT2D eigenvalue weighted by Crippen LogP contribution is 2.29. The lowest BCUT2D eigenvalue weighted by molar-refractivity contribution is 0.0642. The first kappa shape index (κ1) is 24.2. The predicted molar refractivity (Wildman–Crippen MR) is 131 cm³/mol. The Hall–Kier alpha value is -2.41. The summed E-state index contributed by atoms with van der Waals surface area (Å²) in [4.78, 5) is 35.5. The number of rotatable bonds is 8. The van der Waals surface area contributed by atoms with Crippen LogP contribution in [0, 0.1) is 0 Å². The molecule has 3 rings (SSSR count). The molecular weight excluding hydrogens is 447 g/mol. The van der Waals surface area contributed by atoms with E-state index >= 15 is 0 Å². The molecule has 0 bridgehead atoms. The number of benzene rings is 2. The van der Waals surface area contributed by atoms with Crippen LogP contribution in [0.3, 0.4) is 0 Å². The Labute approximate surface area is 198 Å². The number of amides is 1. The third-order valence-corrected chi connectivity index (χ3v) is 6.03. The molecule has 0 saturated heterocycles. The molecule has 1 atom stereocenters. The van der Waals surface area contributed by atoms with Gasteiger partial charge in [-0.3, -0.25) is 14.2 Å². The summed E-state index contributed by atoms with van der Waals surface area (Å²) in [6, 6.07) is 11.8. The van der Waals surface area contributed by atoms with E-state index in [-0.39, 0.29) is 11.5 Å². The average molecular weight is 475 g/mol. The molecule has 3 aromatic rings. The van der Waals surface area contributed by atoms with Crippen LogP contribution in [0.25, 0.3) is 10.9 Å². The van der Waals surface area contributed by atoms with E-state index in [2.05, 4.69) is 0 Å². The van der Waals surface area contributed by atoms with Crippen LogP contribution in [0.15, 0.2) is 47.3 Å². The van der Waals surface area contributed by atoms with Crippen molar-refractivity contribution in [2.24, 2.45) is 0 Å². The molecule has 0 saturated carbocycles. The van der Waals surface area contributed by atoms with Crippen LogP contribution in [0.1, 0.15) is 42.5 Å². The number of nitrogens with zero attached hydrogens (tertiary/aromatic N) is 4. The Balaban J connectivity index is 2.16. The smallest absolute Gasteiger partial charge is 0.261 e. The lowest BCUT2D eigenvalue weighted by Crippen LogP contribution is -2.42. The van der Waals surface area contributed by atoms with Crippen molar-refractivity contribution in [2.75, 3.05) is 27.2 Å². The number of fused-ring (bicyclic) bond motifs is 1. The maximum Gasteiger partial charge on any atom is 0.261 e. The molecule has 1 aromatic heterocycles. The Morgan fingerprint density at radius 1 is 1.09 bits per heavy atom. The molecule has 0 N–H and O–H groups in total. The number of aromatic nitrogens is 2. The molecule has 1 amide bonds. The van der Waals surface area contributed by atoms with Crippen molar-refractivity contribution in [3.05, 3.63) is 74.3 Å². The van der Waals surface area contributed by atoms with Crippen molar-refractivity contribution < 1.29 is 4.79 Å². The third kappa shape index (κ3) is 4.98. The van der Waals surface area contributed by atoms with Gasteiger partial charge in [0.15, 0.2) is 0 Å². The molecule has 0 aliphatic heterocycles. The number of hydrogen-bond donors (Lipinski definition) is 0. The van der Waals surface area contributed by atoms with Gasteiger partial charge in [-0.25, -0.2) is 4.98 Å². The predicted octanol–water partition coefficient (Wildman–Crippen LogP) is 4.88. The van der Waals surface area contributed by atoms with Gasteiger partial charge >= 0.3 is 0 Å². The lowest BCUT2D eigenvalue weighted by atomic mass is 10.1. The number of halogens is 2. The molecule has 0 spiro atoms. The first-order chi connectivity index (χ1) is 15.3. The van der Waals surface area contributed by atoms with E-state index < -0.39 is 6.04 Å². The van der Waals surface area contributed by atoms with Crippen LogP contribution in [0.5, 0.6) is 0 Å². The molecule has 0 aliphatic rings. The van der Waals surface area contributed by atoms with Gasteiger partial charge in [0.2, 0.25) is 0 Å². The van der Waals surface area contributed by atoms with E-state index in [0.717, 1.165) is 0 Å². The largest absolute Gasteiger partial charge is 0.327 e. The van der Waals surface area contributed by atoms with E-state index in [4.69, 9.17) is 28.2 Å². The summed E-state index contributed by atoms with van der Waals surface area (Å²) in [6.07, 6.45) is 0.592. The fourth-order valence-electron chi connectivity index (χ4n) is 3.81. The van der Waals surface area contributed by atoms with Gasteiger partial charge in [-0.15, -0.1) is 0 Å². The molecular formula is C24H28Cl2N4O2. The lowest BCUT2D eigenvalue weighted by Gasteiger charge is -2.33. The van der Waals surface area contributed by atoms with Gasteiger partial charge in [-0.2, -0.15) is 0 Å². The van der Waals surface area contributed by atoms with E-state index in [0.29, 0.717) is 58.4 Å². The first-order valence-electron chi connectivity index (χ1n) is 10.7. The maximum atomic E-state index is 13.7. The normalized spacial score (nSPS) is 12.3. The second-order valence-electron chi connectivity index (χ2n) is 7.89. The number of likely N-dealkylation sites (N-methyl/N-ethyl adjacent to an activating group) is 1. The first-order valence-corrected chi connectivity index (χ1v) is 11.4. The zero-order valence-corrected chi connectivity index (χ0v) is 20.3. The van der Waals surface area contributed by atoms with Crippen LogP contribution in [-0.4, -0.2) is 52.4 Å². The van der Waals surface area contributed by atoms with Gasteiger partial charge in [0, 0.05) is 24.7 Å². The highest BCUT2D eigenvalue weighted by atomic mass is 35.5. The van der Waals surface area contributed by atoms with E-state index in [1.54, 1.807) is 33.7 Å². The van der Waals surface area contributed by atoms with E-state index in [1.165, 1.54) is 0 Å². The number of carbonyl (C=O) groups excluding carboxylic acids is 1.